The van der Waals surface area contributed by atoms with Crippen molar-refractivity contribution in [1.82, 2.24) is 5.43 Å². The van der Waals surface area contributed by atoms with Crippen LogP contribution >= 0.6 is 0 Å². The summed E-state index contributed by atoms with van der Waals surface area (Å²) < 4.78 is 26.1. The smallest absolute Gasteiger partial charge is 0.210 e. The Bertz CT molecular complexity index is 415. The fraction of sp³-hybridized carbons (Fsp3) is 0.300. The molecule has 0 saturated heterocycles. The number of rotatable bonds is 2. The molecule has 0 bridgehead atoms. The molecular weight excluding hydrogens is 214 g/mol. The van der Waals surface area contributed by atoms with Crippen LogP contribution in [0, 0.1) is 11.6 Å². The van der Waals surface area contributed by atoms with Gasteiger partial charge in [-0.15, -0.1) is 0 Å². The number of anilines is 1. The summed E-state index contributed by atoms with van der Waals surface area (Å²) in [6.07, 6.45) is 2.00. The molecule has 0 atom stereocenters. The van der Waals surface area contributed by atoms with Gasteiger partial charge in [-0.1, -0.05) is 0 Å². The molecule has 0 spiro atoms. The standard InChI is InChI=1S/C10H12F2N4/c11-6-1-4-8(12)9(5-6)15-10(16-13)14-7-2-3-7/h1,4-5,7H,2-3,13H2,(H2,14,15,16). The van der Waals surface area contributed by atoms with Crippen LogP contribution in [0.2, 0.25) is 0 Å². The van der Waals surface area contributed by atoms with E-state index in [1.165, 1.54) is 0 Å². The Kier molecular flexibility index (Phi) is 3.00. The predicted octanol–water partition coefficient (Wildman–Crippen LogP) is 1.36. The molecule has 1 saturated carbocycles. The highest BCUT2D eigenvalue weighted by atomic mass is 19.1. The van der Waals surface area contributed by atoms with E-state index in [4.69, 9.17) is 5.84 Å². The van der Waals surface area contributed by atoms with Gasteiger partial charge in [0.15, 0.2) is 0 Å². The topological polar surface area (TPSA) is 62.4 Å². The van der Waals surface area contributed by atoms with Crippen molar-refractivity contribution in [3.8, 4) is 0 Å². The van der Waals surface area contributed by atoms with Gasteiger partial charge in [0.1, 0.15) is 11.6 Å². The van der Waals surface area contributed by atoms with Gasteiger partial charge in [0, 0.05) is 6.07 Å². The summed E-state index contributed by atoms with van der Waals surface area (Å²) in [5, 5.41) is 2.61. The van der Waals surface area contributed by atoms with Crippen LogP contribution in [0.3, 0.4) is 0 Å². The van der Waals surface area contributed by atoms with Crippen molar-refractivity contribution in [2.24, 2.45) is 10.8 Å². The molecule has 6 heteroatoms. The lowest BCUT2D eigenvalue weighted by Crippen LogP contribution is -2.36. The predicted molar refractivity (Wildman–Crippen MR) is 57.8 cm³/mol. The number of halogens is 2. The highest BCUT2D eigenvalue weighted by molar-refractivity contribution is 5.93. The molecule has 4 nitrogen and oxygen atoms in total. The number of hydrogen-bond acceptors (Lipinski definition) is 2. The third-order valence-corrected chi connectivity index (χ3v) is 2.18. The molecule has 1 aromatic rings. The Hall–Kier alpha value is -1.69. The van der Waals surface area contributed by atoms with Crippen LogP contribution in [-0.2, 0) is 0 Å². The molecule has 0 heterocycles. The van der Waals surface area contributed by atoms with Gasteiger partial charge in [-0.25, -0.2) is 19.6 Å². The molecule has 16 heavy (non-hydrogen) atoms. The van der Waals surface area contributed by atoms with Crippen LogP contribution in [0.4, 0.5) is 14.5 Å². The van der Waals surface area contributed by atoms with Crippen LogP contribution in [-0.4, -0.2) is 12.0 Å². The Morgan fingerprint density at radius 1 is 1.38 bits per heavy atom. The molecule has 1 aliphatic carbocycles. The molecule has 1 aliphatic rings. The molecule has 2 rings (SSSR count). The minimum absolute atomic E-state index is 0.0114. The van der Waals surface area contributed by atoms with Crippen LogP contribution in [0.5, 0.6) is 0 Å². The molecule has 0 amide bonds. The summed E-state index contributed by atoms with van der Waals surface area (Å²) in [6, 6.07) is 3.38. The van der Waals surface area contributed by atoms with Crippen molar-refractivity contribution in [2.45, 2.75) is 18.9 Å². The highest BCUT2D eigenvalue weighted by Crippen LogP contribution is 2.23. The van der Waals surface area contributed by atoms with Gasteiger partial charge in [-0.2, -0.15) is 0 Å². The zero-order valence-corrected chi connectivity index (χ0v) is 8.50. The fourth-order valence-electron chi connectivity index (χ4n) is 1.21. The summed E-state index contributed by atoms with van der Waals surface area (Å²) in [4.78, 5) is 4.15. The maximum atomic E-state index is 13.3. The van der Waals surface area contributed by atoms with Gasteiger partial charge in [-0.05, 0) is 25.0 Å². The molecule has 0 radical (unpaired) electrons. The quantitative estimate of drug-likeness (QED) is 0.309. The summed E-state index contributed by atoms with van der Waals surface area (Å²) >= 11 is 0. The number of hydrogen-bond donors (Lipinski definition) is 3. The van der Waals surface area contributed by atoms with Crippen molar-refractivity contribution < 1.29 is 8.78 Å². The molecule has 1 aromatic carbocycles. The van der Waals surface area contributed by atoms with E-state index in [0.29, 0.717) is 0 Å². The largest absolute Gasteiger partial charge is 0.323 e. The molecule has 0 unspecified atom stereocenters. The number of aliphatic imine (C=N–C) groups is 1. The normalized spacial score (nSPS) is 16.1. The van der Waals surface area contributed by atoms with Crippen molar-refractivity contribution in [3.05, 3.63) is 29.8 Å². The van der Waals surface area contributed by atoms with Crippen LogP contribution in [0.1, 0.15) is 12.8 Å². The lowest BCUT2D eigenvalue weighted by molar-refractivity contribution is 0.603. The summed E-state index contributed by atoms with van der Waals surface area (Å²) in [5.74, 6) is 4.39. The van der Waals surface area contributed by atoms with Crippen molar-refractivity contribution in [1.29, 1.82) is 0 Å². The van der Waals surface area contributed by atoms with Gasteiger partial charge < -0.3 is 5.32 Å². The average Bonchev–Trinajstić information content (AvgIpc) is 3.06. The lowest BCUT2D eigenvalue weighted by Gasteiger charge is -2.09. The number of hydrazine groups is 1. The van der Waals surface area contributed by atoms with E-state index >= 15 is 0 Å². The van der Waals surface area contributed by atoms with Crippen LogP contribution in [0.25, 0.3) is 0 Å². The maximum Gasteiger partial charge on any atom is 0.210 e. The van der Waals surface area contributed by atoms with E-state index in [1.54, 1.807) is 0 Å². The monoisotopic (exact) mass is 226 g/mol. The Balaban J connectivity index is 2.14. The van der Waals surface area contributed by atoms with Crippen molar-refractivity contribution in [3.63, 3.8) is 0 Å². The SMILES string of the molecule is NNC(=NC1CC1)Nc1cc(F)ccc1F. The summed E-state index contributed by atoms with van der Waals surface area (Å²) in [6.45, 7) is 0. The zero-order valence-electron chi connectivity index (χ0n) is 8.50. The first-order chi connectivity index (χ1) is 7.69. The van der Waals surface area contributed by atoms with E-state index in [1.807, 2.05) is 0 Å². The molecule has 4 N–H and O–H groups in total. The summed E-state index contributed by atoms with van der Waals surface area (Å²) in [5.41, 5.74) is 2.33. The van der Waals surface area contributed by atoms with E-state index in [9.17, 15) is 8.78 Å². The Morgan fingerprint density at radius 3 is 2.75 bits per heavy atom. The number of benzene rings is 1. The third kappa shape index (κ3) is 2.66. The Morgan fingerprint density at radius 2 is 2.12 bits per heavy atom. The Labute approximate surface area is 91.5 Å². The van der Waals surface area contributed by atoms with Gasteiger partial charge in [0.2, 0.25) is 5.96 Å². The van der Waals surface area contributed by atoms with E-state index in [2.05, 4.69) is 15.7 Å². The second kappa shape index (κ2) is 4.44. The van der Waals surface area contributed by atoms with Crippen molar-refractivity contribution >= 4 is 11.6 Å². The lowest BCUT2D eigenvalue weighted by atomic mass is 10.3. The maximum absolute atomic E-state index is 13.3. The van der Waals surface area contributed by atoms with Crippen molar-refractivity contribution in [2.75, 3.05) is 5.32 Å². The van der Waals surface area contributed by atoms with Crippen LogP contribution in [0.15, 0.2) is 23.2 Å². The highest BCUT2D eigenvalue weighted by Gasteiger charge is 2.21. The van der Waals surface area contributed by atoms with Crippen LogP contribution < -0.4 is 16.6 Å². The zero-order chi connectivity index (χ0) is 11.5. The fourth-order valence-corrected chi connectivity index (χ4v) is 1.21. The average molecular weight is 226 g/mol. The minimum atomic E-state index is -0.555. The molecular formula is C10H12F2N4. The number of nitrogens with zero attached hydrogens (tertiary/aromatic N) is 1. The first kappa shape index (κ1) is 10.8. The van der Waals surface area contributed by atoms with E-state index in [0.717, 1.165) is 31.0 Å². The molecule has 0 aliphatic heterocycles. The minimum Gasteiger partial charge on any atom is -0.323 e. The summed E-state index contributed by atoms with van der Waals surface area (Å²) in [7, 11) is 0. The second-order valence-corrected chi connectivity index (χ2v) is 3.60. The number of nitrogens with two attached hydrogens (primary N) is 1. The third-order valence-electron chi connectivity index (χ3n) is 2.18. The molecule has 0 aromatic heterocycles. The number of guanidine groups is 1. The first-order valence-electron chi connectivity index (χ1n) is 4.95. The first-order valence-corrected chi connectivity index (χ1v) is 4.95. The van der Waals surface area contributed by atoms with E-state index < -0.39 is 11.6 Å². The number of nitrogens with one attached hydrogen (secondary N) is 2. The van der Waals surface area contributed by atoms with Gasteiger partial charge >= 0.3 is 0 Å². The van der Waals surface area contributed by atoms with Gasteiger partial charge in [0.25, 0.3) is 0 Å². The van der Waals surface area contributed by atoms with Gasteiger partial charge in [0.05, 0.1) is 11.7 Å². The molecule has 1 fully saturated rings. The van der Waals surface area contributed by atoms with Gasteiger partial charge in [-0.3, -0.25) is 5.43 Å². The van der Waals surface area contributed by atoms with E-state index in [-0.39, 0.29) is 17.7 Å². The molecule has 86 valence electrons. The second-order valence-electron chi connectivity index (χ2n) is 3.60.